The van der Waals surface area contributed by atoms with Crippen LogP contribution in [0.15, 0.2) is 66.7 Å². The highest BCUT2D eigenvalue weighted by Gasteiger charge is 2.26. The molecule has 8 N–H and O–H groups in total. The first kappa shape index (κ1) is 27.7. The van der Waals surface area contributed by atoms with E-state index in [9.17, 15) is 14.4 Å². The molecule has 0 aliphatic carbocycles. The van der Waals surface area contributed by atoms with E-state index in [4.69, 9.17) is 17.2 Å². The number of rotatable bonds is 13. The zero-order valence-corrected chi connectivity index (χ0v) is 20.8. The second-order valence-corrected chi connectivity index (χ2v) is 8.73. The van der Waals surface area contributed by atoms with E-state index in [1.807, 2.05) is 60.7 Å². The quantitative estimate of drug-likeness (QED) is 0.228. The van der Waals surface area contributed by atoms with Gasteiger partial charge in [-0.2, -0.15) is 0 Å². The monoisotopic (exact) mass is 505 g/mol. The molecule has 0 bridgehead atoms. The van der Waals surface area contributed by atoms with Crippen molar-refractivity contribution in [3.63, 3.8) is 0 Å². The summed E-state index contributed by atoms with van der Waals surface area (Å²) >= 11 is 0. The summed E-state index contributed by atoms with van der Waals surface area (Å²) < 4.78 is 0. The maximum atomic E-state index is 13.2. The lowest BCUT2D eigenvalue weighted by atomic mass is 10.0. The van der Waals surface area contributed by atoms with Crippen LogP contribution in [0.25, 0.3) is 10.9 Å². The highest BCUT2D eigenvalue weighted by Crippen LogP contribution is 2.15. The van der Waals surface area contributed by atoms with Crippen molar-refractivity contribution in [2.45, 2.75) is 31.3 Å². The van der Waals surface area contributed by atoms with E-state index in [-0.39, 0.29) is 25.4 Å². The average molecular weight is 506 g/mol. The summed E-state index contributed by atoms with van der Waals surface area (Å²) in [6.45, 7) is 1.20. The Kier molecular flexibility index (Phi) is 10.5. The summed E-state index contributed by atoms with van der Waals surface area (Å²) in [6, 6.07) is 18.8. The minimum atomic E-state index is -1.13. The molecule has 1 heterocycles. The molecule has 37 heavy (non-hydrogen) atoms. The summed E-state index contributed by atoms with van der Waals surface area (Å²) in [5, 5.41) is 6.47. The Bertz CT molecular complexity index is 1180. The standard InChI is InChI=1S/C27H35N7O3/c28-14-16-34(17-15-29)25(35)18-21(30)26(36)32-23(12-10-19-6-2-1-3-7-19)27(37)33-24-13-11-20-8-4-5-9-22(20)31-24/h1-9,11,13,21,23H,10,12,14-18,28-30H2,(H,32,36)(H,31,33,37). The van der Waals surface area contributed by atoms with Crippen LogP contribution >= 0.6 is 0 Å². The van der Waals surface area contributed by atoms with Crippen molar-refractivity contribution in [1.29, 1.82) is 0 Å². The minimum Gasteiger partial charge on any atom is -0.343 e. The van der Waals surface area contributed by atoms with Gasteiger partial charge in [0, 0.05) is 31.6 Å². The minimum absolute atomic E-state index is 0.217. The van der Waals surface area contributed by atoms with E-state index < -0.39 is 23.9 Å². The van der Waals surface area contributed by atoms with Crippen LogP contribution in [0.1, 0.15) is 18.4 Å². The summed E-state index contributed by atoms with van der Waals surface area (Å²) in [7, 11) is 0. The largest absolute Gasteiger partial charge is 0.343 e. The van der Waals surface area contributed by atoms with Gasteiger partial charge in [-0.3, -0.25) is 14.4 Å². The highest BCUT2D eigenvalue weighted by molar-refractivity contribution is 5.98. The van der Waals surface area contributed by atoms with Gasteiger partial charge in [0.2, 0.25) is 17.7 Å². The van der Waals surface area contributed by atoms with Gasteiger partial charge in [-0.1, -0.05) is 48.5 Å². The maximum Gasteiger partial charge on any atom is 0.248 e. The van der Waals surface area contributed by atoms with Crippen molar-refractivity contribution >= 4 is 34.4 Å². The molecule has 0 saturated heterocycles. The Morgan fingerprint density at radius 3 is 2.24 bits per heavy atom. The van der Waals surface area contributed by atoms with Crippen molar-refractivity contribution in [2.24, 2.45) is 17.2 Å². The lowest BCUT2D eigenvalue weighted by molar-refractivity contribution is -0.134. The van der Waals surface area contributed by atoms with Crippen molar-refractivity contribution in [1.82, 2.24) is 15.2 Å². The molecule has 2 aromatic carbocycles. The number of nitrogens with two attached hydrogens (primary N) is 3. The van der Waals surface area contributed by atoms with Gasteiger partial charge < -0.3 is 32.7 Å². The Hall–Kier alpha value is -3.86. The molecule has 0 aliphatic heterocycles. The normalized spacial score (nSPS) is 12.5. The van der Waals surface area contributed by atoms with Crippen LogP contribution in [0, 0.1) is 0 Å². The van der Waals surface area contributed by atoms with E-state index in [0.29, 0.717) is 31.7 Å². The zero-order chi connectivity index (χ0) is 26.6. The third-order valence-corrected chi connectivity index (χ3v) is 5.93. The number of fused-ring (bicyclic) bond motifs is 1. The second kappa shape index (κ2) is 14.0. The van der Waals surface area contributed by atoms with Gasteiger partial charge in [0.25, 0.3) is 0 Å². The van der Waals surface area contributed by atoms with E-state index >= 15 is 0 Å². The molecule has 1 aromatic heterocycles. The molecule has 3 aromatic rings. The van der Waals surface area contributed by atoms with E-state index in [1.54, 1.807) is 6.07 Å². The Morgan fingerprint density at radius 1 is 0.865 bits per heavy atom. The number of hydrogen-bond acceptors (Lipinski definition) is 7. The Labute approximate surface area is 216 Å². The summed E-state index contributed by atoms with van der Waals surface area (Å²) in [4.78, 5) is 44.7. The molecule has 0 fully saturated rings. The molecule has 10 heteroatoms. The van der Waals surface area contributed by atoms with Crippen LogP contribution in [0.2, 0.25) is 0 Å². The van der Waals surface area contributed by atoms with Crippen LogP contribution in [-0.2, 0) is 20.8 Å². The zero-order valence-electron chi connectivity index (χ0n) is 20.8. The molecule has 0 spiro atoms. The fourth-order valence-electron chi connectivity index (χ4n) is 3.94. The number of anilines is 1. The molecule has 0 saturated carbocycles. The van der Waals surface area contributed by atoms with Crippen LogP contribution in [0.4, 0.5) is 5.82 Å². The number of amides is 3. The van der Waals surface area contributed by atoms with Crippen molar-refractivity contribution in [2.75, 3.05) is 31.5 Å². The summed E-state index contributed by atoms with van der Waals surface area (Å²) in [5.74, 6) is -0.947. The molecule has 196 valence electrons. The first-order valence-electron chi connectivity index (χ1n) is 12.4. The van der Waals surface area contributed by atoms with E-state index in [2.05, 4.69) is 15.6 Å². The molecule has 0 radical (unpaired) electrons. The third kappa shape index (κ3) is 8.35. The fourth-order valence-corrected chi connectivity index (χ4v) is 3.94. The van der Waals surface area contributed by atoms with E-state index in [0.717, 1.165) is 16.5 Å². The molecule has 2 unspecified atom stereocenters. The number of carbonyl (C=O) groups is 3. The van der Waals surface area contributed by atoms with Crippen molar-refractivity contribution in [3.8, 4) is 0 Å². The number of aryl methyl sites for hydroxylation is 1. The molecule has 10 nitrogen and oxygen atoms in total. The maximum absolute atomic E-state index is 13.2. The first-order valence-corrected chi connectivity index (χ1v) is 12.4. The summed E-state index contributed by atoms with van der Waals surface area (Å²) in [5.41, 5.74) is 19.0. The molecular formula is C27H35N7O3. The summed E-state index contributed by atoms with van der Waals surface area (Å²) in [6.07, 6.45) is 0.673. The molecule has 2 atom stereocenters. The van der Waals surface area contributed by atoms with Crippen molar-refractivity contribution < 1.29 is 14.4 Å². The van der Waals surface area contributed by atoms with Crippen molar-refractivity contribution in [3.05, 3.63) is 72.3 Å². The van der Waals surface area contributed by atoms with Crippen LogP contribution in [0.5, 0.6) is 0 Å². The molecule has 3 amide bonds. The Morgan fingerprint density at radius 2 is 1.54 bits per heavy atom. The topological polar surface area (TPSA) is 169 Å². The average Bonchev–Trinajstić information content (AvgIpc) is 2.91. The number of benzene rings is 2. The van der Waals surface area contributed by atoms with Gasteiger partial charge in [0.05, 0.1) is 18.0 Å². The van der Waals surface area contributed by atoms with Gasteiger partial charge in [0.15, 0.2) is 0 Å². The fraction of sp³-hybridized carbons (Fsp3) is 0.333. The highest BCUT2D eigenvalue weighted by atomic mass is 16.2. The number of pyridine rings is 1. The molecule has 0 aliphatic rings. The smallest absolute Gasteiger partial charge is 0.248 e. The van der Waals surface area contributed by atoms with Gasteiger partial charge in [-0.25, -0.2) is 4.98 Å². The first-order chi connectivity index (χ1) is 17.9. The predicted molar refractivity (Wildman–Crippen MR) is 144 cm³/mol. The molecular weight excluding hydrogens is 470 g/mol. The molecule has 3 rings (SSSR count). The van der Waals surface area contributed by atoms with Gasteiger partial charge in [-0.05, 0) is 36.6 Å². The van der Waals surface area contributed by atoms with Crippen LogP contribution < -0.4 is 27.8 Å². The van der Waals surface area contributed by atoms with Gasteiger partial charge >= 0.3 is 0 Å². The third-order valence-electron chi connectivity index (χ3n) is 5.93. The Balaban J connectivity index is 1.69. The van der Waals surface area contributed by atoms with Gasteiger partial charge in [0.1, 0.15) is 11.9 Å². The number of nitrogens with zero attached hydrogens (tertiary/aromatic N) is 2. The lowest BCUT2D eigenvalue weighted by Gasteiger charge is -2.24. The number of carbonyl (C=O) groups excluding carboxylic acids is 3. The van der Waals surface area contributed by atoms with E-state index in [1.165, 1.54) is 4.90 Å². The number of nitrogens with one attached hydrogen (secondary N) is 2. The number of para-hydroxylation sites is 1. The number of hydrogen-bond donors (Lipinski definition) is 5. The predicted octanol–water partition coefficient (Wildman–Crippen LogP) is 0.754. The van der Waals surface area contributed by atoms with Crippen LogP contribution in [-0.4, -0.2) is 65.9 Å². The number of aromatic nitrogens is 1. The SMILES string of the molecule is NCCN(CCN)C(=O)CC(N)C(=O)NC(CCc1ccccc1)C(=O)Nc1ccc2ccccc2n1. The second-order valence-electron chi connectivity index (χ2n) is 8.73. The lowest BCUT2D eigenvalue weighted by Crippen LogP contribution is -2.52. The van der Waals surface area contributed by atoms with Crippen LogP contribution in [0.3, 0.4) is 0 Å². The van der Waals surface area contributed by atoms with Gasteiger partial charge in [-0.15, -0.1) is 0 Å².